The summed E-state index contributed by atoms with van der Waals surface area (Å²) in [6.07, 6.45) is 0.0830. The smallest absolute Gasteiger partial charge is 0.346 e. The van der Waals surface area contributed by atoms with Gasteiger partial charge in [-0.3, -0.25) is 4.79 Å². The van der Waals surface area contributed by atoms with Crippen molar-refractivity contribution < 1.29 is 19.4 Å². The minimum absolute atomic E-state index is 0.0284. The summed E-state index contributed by atoms with van der Waals surface area (Å²) >= 11 is 0. The van der Waals surface area contributed by atoms with Crippen molar-refractivity contribution in [3.63, 3.8) is 0 Å². The molecule has 0 saturated carbocycles. The molecule has 0 radical (unpaired) electrons. The summed E-state index contributed by atoms with van der Waals surface area (Å²) in [5.74, 6) is -1.61. The van der Waals surface area contributed by atoms with Crippen LogP contribution < -0.4 is 0 Å². The SMILES string of the molecule is O=C(Cc1ccccc1)OC(=O)C(O)(Cc1ccccc1)Cc1ccccc1. The first-order valence-electron chi connectivity index (χ1n) is 9.14. The molecular weight excluding hydrogens is 352 g/mol. The lowest BCUT2D eigenvalue weighted by Gasteiger charge is -2.26. The Morgan fingerprint density at radius 1 is 0.679 bits per heavy atom. The van der Waals surface area contributed by atoms with Crippen LogP contribution in [0.15, 0.2) is 91.0 Å². The highest BCUT2D eigenvalue weighted by atomic mass is 16.6. The van der Waals surface area contributed by atoms with Gasteiger partial charge in [-0.2, -0.15) is 0 Å². The minimum atomic E-state index is -1.84. The Bertz CT molecular complexity index is 864. The van der Waals surface area contributed by atoms with E-state index in [9.17, 15) is 14.7 Å². The Labute approximate surface area is 164 Å². The normalized spacial score (nSPS) is 11.0. The van der Waals surface area contributed by atoms with Crippen LogP contribution in [0.5, 0.6) is 0 Å². The molecule has 0 heterocycles. The molecule has 3 rings (SSSR count). The second kappa shape index (κ2) is 9.11. The molecule has 0 saturated heterocycles. The molecule has 0 bridgehead atoms. The molecular formula is C24H22O4. The van der Waals surface area contributed by atoms with Crippen LogP contribution in [0, 0.1) is 0 Å². The van der Waals surface area contributed by atoms with Gasteiger partial charge in [-0.25, -0.2) is 4.79 Å². The van der Waals surface area contributed by atoms with Crippen molar-refractivity contribution in [3.8, 4) is 0 Å². The van der Waals surface area contributed by atoms with Crippen LogP contribution in [-0.2, 0) is 33.6 Å². The van der Waals surface area contributed by atoms with Crippen LogP contribution in [0.3, 0.4) is 0 Å². The van der Waals surface area contributed by atoms with Crippen LogP contribution in [-0.4, -0.2) is 22.6 Å². The van der Waals surface area contributed by atoms with Gasteiger partial charge in [0.2, 0.25) is 0 Å². The number of rotatable bonds is 7. The predicted molar refractivity (Wildman–Crippen MR) is 106 cm³/mol. The van der Waals surface area contributed by atoms with Gasteiger partial charge in [-0.05, 0) is 16.7 Å². The molecule has 0 aliphatic rings. The quantitative estimate of drug-likeness (QED) is 0.508. The Hall–Kier alpha value is -3.24. The van der Waals surface area contributed by atoms with Gasteiger partial charge in [0.15, 0.2) is 5.60 Å². The van der Waals surface area contributed by atoms with Crippen molar-refractivity contribution in [2.75, 3.05) is 0 Å². The van der Waals surface area contributed by atoms with Crippen LogP contribution in [0.2, 0.25) is 0 Å². The van der Waals surface area contributed by atoms with Gasteiger partial charge in [-0.1, -0.05) is 91.0 Å². The molecule has 0 spiro atoms. The van der Waals surface area contributed by atoms with E-state index >= 15 is 0 Å². The zero-order chi connectivity index (χ0) is 19.8. The first-order valence-corrected chi connectivity index (χ1v) is 9.14. The van der Waals surface area contributed by atoms with Crippen LogP contribution >= 0.6 is 0 Å². The Kier molecular flexibility index (Phi) is 6.35. The first kappa shape index (κ1) is 19.5. The molecule has 3 aromatic carbocycles. The Balaban J connectivity index is 1.76. The third-order valence-electron chi connectivity index (χ3n) is 4.46. The van der Waals surface area contributed by atoms with E-state index in [0.29, 0.717) is 0 Å². The largest absolute Gasteiger partial charge is 0.391 e. The van der Waals surface area contributed by atoms with Gasteiger partial charge in [0.25, 0.3) is 0 Å². The van der Waals surface area contributed by atoms with E-state index in [1.807, 2.05) is 78.9 Å². The van der Waals surface area contributed by atoms with Crippen molar-refractivity contribution in [2.45, 2.75) is 24.9 Å². The predicted octanol–water partition coefficient (Wildman–Crippen LogP) is 3.52. The molecule has 0 aliphatic carbocycles. The summed E-state index contributed by atoms with van der Waals surface area (Å²) in [6, 6.07) is 27.4. The van der Waals surface area contributed by atoms with Gasteiger partial charge in [0.1, 0.15) is 0 Å². The molecule has 0 atom stereocenters. The molecule has 28 heavy (non-hydrogen) atoms. The lowest BCUT2D eigenvalue weighted by atomic mass is 9.88. The van der Waals surface area contributed by atoms with Gasteiger partial charge in [0.05, 0.1) is 6.42 Å². The van der Waals surface area contributed by atoms with E-state index in [1.54, 1.807) is 12.1 Å². The van der Waals surface area contributed by atoms with Crippen molar-refractivity contribution in [1.82, 2.24) is 0 Å². The summed E-state index contributed by atoms with van der Waals surface area (Å²) in [7, 11) is 0. The fourth-order valence-corrected chi connectivity index (χ4v) is 3.07. The number of hydrogen-bond donors (Lipinski definition) is 1. The molecule has 4 heteroatoms. The maximum absolute atomic E-state index is 12.8. The average Bonchev–Trinajstić information content (AvgIpc) is 2.70. The fraction of sp³-hybridized carbons (Fsp3) is 0.167. The summed E-state index contributed by atoms with van der Waals surface area (Å²) in [6.45, 7) is 0. The minimum Gasteiger partial charge on any atom is -0.391 e. The average molecular weight is 374 g/mol. The number of aliphatic hydroxyl groups is 1. The maximum Gasteiger partial charge on any atom is 0.346 e. The monoisotopic (exact) mass is 374 g/mol. The highest BCUT2D eigenvalue weighted by Crippen LogP contribution is 2.22. The van der Waals surface area contributed by atoms with Crippen molar-refractivity contribution in [3.05, 3.63) is 108 Å². The highest BCUT2D eigenvalue weighted by Gasteiger charge is 2.39. The van der Waals surface area contributed by atoms with Gasteiger partial charge in [0, 0.05) is 12.8 Å². The molecule has 0 aliphatic heterocycles. The number of esters is 2. The summed E-state index contributed by atoms with van der Waals surface area (Å²) in [5, 5.41) is 11.2. The molecule has 142 valence electrons. The molecule has 4 nitrogen and oxygen atoms in total. The van der Waals surface area contributed by atoms with E-state index in [2.05, 4.69) is 0 Å². The number of carbonyl (C=O) groups excluding carboxylic acids is 2. The Morgan fingerprint density at radius 2 is 1.07 bits per heavy atom. The van der Waals surface area contributed by atoms with E-state index in [4.69, 9.17) is 4.74 Å². The topological polar surface area (TPSA) is 63.6 Å². The summed E-state index contributed by atoms with van der Waals surface area (Å²) < 4.78 is 5.04. The summed E-state index contributed by atoms with van der Waals surface area (Å²) in [5.41, 5.74) is 0.478. The van der Waals surface area contributed by atoms with Gasteiger partial charge in [-0.15, -0.1) is 0 Å². The van der Waals surface area contributed by atoms with Gasteiger partial charge < -0.3 is 9.84 Å². The Morgan fingerprint density at radius 3 is 1.50 bits per heavy atom. The second-order valence-electron chi connectivity index (χ2n) is 6.78. The zero-order valence-electron chi connectivity index (χ0n) is 15.5. The van der Waals surface area contributed by atoms with Gasteiger partial charge >= 0.3 is 11.9 Å². The van der Waals surface area contributed by atoms with Crippen LogP contribution in [0.1, 0.15) is 16.7 Å². The molecule has 0 aromatic heterocycles. The number of benzene rings is 3. The van der Waals surface area contributed by atoms with Crippen LogP contribution in [0.4, 0.5) is 0 Å². The van der Waals surface area contributed by atoms with Crippen molar-refractivity contribution in [2.24, 2.45) is 0 Å². The number of carbonyl (C=O) groups is 2. The van der Waals surface area contributed by atoms with Crippen molar-refractivity contribution >= 4 is 11.9 Å². The van der Waals surface area contributed by atoms with E-state index < -0.39 is 17.5 Å². The van der Waals surface area contributed by atoms with E-state index in [1.165, 1.54) is 0 Å². The standard InChI is InChI=1S/C24H22O4/c25-22(16-19-10-4-1-5-11-19)28-23(26)24(27,17-20-12-6-2-7-13-20)18-21-14-8-3-9-15-21/h1-15,27H,16-18H2. The number of hydrogen-bond acceptors (Lipinski definition) is 4. The fourth-order valence-electron chi connectivity index (χ4n) is 3.07. The summed E-state index contributed by atoms with van der Waals surface area (Å²) in [4.78, 5) is 25.0. The van der Waals surface area contributed by atoms with Crippen LogP contribution in [0.25, 0.3) is 0 Å². The molecule has 1 N–H and O–H groups in total. The zero-order valence-corrected chi connectivity index (χ0v) is 15.5. The molecule has 0 unspecified atom stereocenters. The third-order valence-corrected chi connectivity index (χ3v) is 4.46. The third kappa shape index (κ3) is 5.38. The van der Waals surface area contributed by atoms with Crippen molar-refractivity contribution in [1.29, 1.82) is 0 Å². The highest BCUT2D eigenvalue weighted by molar-refractivity contribution is 5.91. The second-order valence-corrected chi connectivity index (χ2v) is 6.78. The van der Waals surface area contributed by atoms with E-state index in [0.717, 1.165) is 16.7 Å². The molecule has 0 fully saturated rings. The molecule has 0 amide bonds. The number of ether oxygens (including phenoxy) is 1. The van der Waals surface area contributed by atoms with E-state index in [-0.39, 0.29) is 19.3 Å². The lowest BCUT2D eigenvalue weighted by Crippen LogP contribution is -2.45. The first-order chi connectivity index (χ1) is 13.5. The lowest BCUT2D eigenvalue weighted by molar-refractivity contribution is -0.173. The maximum atomic E-state index is 12.8. The molecule has 3 aromatic rings.